The highest BCUT2D eigenvalue weighted by atomic mass is 16.2. The molecule has 2 atom stereocenters. The molecule has 2 N–H and O–H groups in total. The van der Waals surface area contributed by atoms with Gasteiger partial charge >= 0.3 is 0 Å². The molecular formula is C12H26N2O. The molecule has 0 rings (SSSR count). The van der Waals surface area contributed by atoms with Gasteiger partial charge in [-0.05, 0) is 32.6 Å². The van der Waals surface area contributed by atoms with E-state index < -0.39 is 5.54 Å². The highest BCUT2D eigenvalue weighted by molar-refractivity contribution is 5.85. The lowest BCUT2D eigenvalue weighted by molar-refractivity contribution is -0.127. The lowest BCUT2D eigenvalue weighted by Crippen LogP contribution is -2.57. The van der Waals surface area contributed by atoms with Gasteiger partial charge in [0, 0.05) is 13.1 Å². The molecule has 0 aromatic carbocycles. The van der Waals surface area contributed by atoms with Crippen molar-refractivity contribution in [1.29, 1.82) is 0 Å². The van der Waals surface area contributed by atoms with Gasteiger partial charge in [-0.1, -0.05) is 20.8 Å². The Kier molecular flexibility index (Phi) is 5.88. The zero-order valence-corrected chi connectivity index (χ0v) is 11.0. The topological polar surface area (TPSA) is 41.1 Å². The highest BCUT2D eigenvalue weighted by Gasteiger charge is 2.33. The van der Waals surface area contributed by atoms with Crippen LogP contribution in [0.1, 0.15) is 47.5 Å². The molecule has 0 aromatic rings. The third-order valence-corrected chi connectivity index (χ3v) is 2.72. The first-order valence-corrected chi connectivity index (χ1v) is 5.85. The monoisotopic (exact) mass is 214 g/mol. The Labute approximate surface area is 94.0 Å². The van der Waals surface area contributed by atoms with Crippen LogP contribution in [-0.2, 0) is 4.79 Å². The normalized spacial score (nSPS) is 17.3. The summed E-state index contributed by atoms with van der Waals surface area (Å²) in [5, 5.41) is 6.15. The average molecular weight is 214 g/mol. The molecule has 0 saturated carbocycles. The molecule has 0 saturated heterocycles. The minimum Gasteiger partial charge on any atom is -0.358 e. The van der Waals surface area contributed by atoms with Crippen molar-refractivity contribution in [2.45, 2.75) is 59.0 Å². The summed E-state index contributed by atoms with van der Waals surface area (Å²) in [7, 11) is 1.69. The van der Waals surface area contributed by atoms with E-state index in [1.165, 1.54) is 0 Å². The van der Waals surface area contributed by atoms with Crippen LogP contribution < -0.4 is 10.6 Å². The Bertz CT molecular complexity index is 204. The smallest absolute Gasteiger partial charge is 0.239 e. The molecule has 3 heteroatoms. The van der Waals surface area contributed by atoms with Gasteiger partial charge in [0.2, 0.25) is 5.91 Å². The number of hydrogen-bond donors (Lipinski definition) is 2. The van der Waals surface area contributed by atoms with Crippen LogP contribution in [0.4, 0.5) is 0 Å². The predicted octanol–water partition coefficient (Wildman–Crippen LogP) is 1.93. The van der Waals surface area contributed by atoms with Gasteiger partial charge in [-0.15, -0.1) is 0 Å². The van der Waals surface area contributed by atoms with Gasteiger partial charge < -0.3 is 10.6 Å². The van der Waals surface area contributed by atoms with Crippen molar-refractivity contribution in [2.75, 3.05) is 7.05 Å². The minimum atomic E-state index is -0.446. The quantitative estimate of drug-likeness (QED) is 0.709. The number of carbonyl (C=O) groups is 1. The van der Waals surface area contributed by atoms with Crippen molar-refractivity contribution in [2.24, 2.45) is 5.92 Å². The van der Waals surface area contributed by atoms with E-state index >= 15 is 0 Å². The Hall–Kier alpha value is -0.570. The van der Waals surface area contributed by atoms with Crippen LogP contribution in [0.5, 0.6) is 0 Å². The van der Waals surface area contributed by atoms with Crippen molar-refractivity contribution in [3.63, 3.8) is 0 Å². The Morgan fingerprint density at radius 1 is 1.33 bits per heavy atom. The number of nitrogens with one attached hydrogen (secondary N) is 2. The summed E-state index contributed by atoms with van der Waals surface area (Å²) in [6.07, 6.45) is 1.89. The van der Waals surface area contributed by atoms with Crippen LogP contribution in [-0.4, -0.2) is 24.5 Å². The molecule has 0 fully saturated rings. The Morgan fingerprint density at radius 2 is 1.87 bits per heavy atom. The molecule has 1 amide bonds. The number of carbonyl (C=O) groups excluding carboxylic acids is 1. The molecule has 2 unspecified atom stereocenters. The first-order valence-electron chi connectivity index (χ1n) is 5.85. The molecule has 0 aliphatic heterocycles. The van der Waals surface area contributed by atoms with Crippen LogP contribution in [0.3, 0.4) is 0 Å². The van der Waals surface area contributed by atoms with Gasteiger partial charge in [-0.25, -0.2) is 0 Å². The van der Waals surface area contributed by atoms with Crippen molar-refractivity contribution >= 4 is 5.91 Å². The molecule has 0 aliphatic rings. The van der Waals surface area contributed by atoms with Gasteiger partial charge in [0.15, 0.2) is 0 Å². The number of rotatable bonds is 6. The summed E-state index contributed by atoms with van der Waals surface area (Å²) < 4.78 is 0. The second-order valence-corrected chi connectivity index (χ2v) is 4.96. The number of amides is 1. The first kappa shape index (κ1) is 14.4. The molecule has 0 radical (unpaired) electrons. The van der Waals surface area contributed by atoms with Crippen LogP contribution >= 0.6 is 0 Å². The number of hydrogen-bond acceptors (Lipinski definition) is 2. The summed E-state index contributed by atoms with van der Waals surface area (Å²) in [5.41, 5.74) is -0.446. The lowest BCUT2D eigenvalue weighted by atomic mass is 9.89. The molecule has 0 bridgehead atoms. The fourth-order valence-corrected chi connectivity index (χ4v) is 1.96. The maximum absolute atomic E-state index is 11.8. The molecule has 90 valence electrons. The van der Waals surface area contributed by atoms with Crippen LogP contribution in [0, 0.1) is 5.92 Å². The molecule has 0 aromatic heterocycles. The van der Waals surface area contributed by atoms with E-state index in [2.05, 4.69) is 38.3 Å². The third-order valence-electron chi connectivity index (χ3n) is 2.72. The van der Waals surface area contributed by atoms with E-state index in [0.29, 0.717) is 12.0 Å². The summed E-state index contributed by atoms with van der Waals surface area (Å²) in [4.78, 5) is 11.8. The van der Waals surface area contributed by atoms with Gasteiger partial charge in [-0.2, -0.15) is 0 Å². The highest BCUT2D eigenvalue weighted by Crippen LogP contribution is 2.18. The van der Waals surface area contributed by atoms with E-state index in [1.54, 1.807) is 7.05 Å². The fraction of sp³-hybridized carbons (Fsp3) is 0.917. The SMILES string of the molecule is CCC(C)NC(C)(CC(C)C)C(=O)NC. The van der Waals surface area contributed by atoms with Crippen LogP contribution in [0.15, 0.2) is 0 Å². The second-order valence-electron chi connectivity index (χ2n) is 4.96. The average Bonchev–Trinajstić information content (AvgIpc) is 2.14. The third kappa shape index (κ3) is 4.65. The Morgan fingerprint density at radius 3 is 2.20 bits per heavy atom. The van der Waals surface area contributed by atoms with Crippen LogP contribution in [0.25, 0.3) is 0 Å². The fourth-order valence-electron chi connectivity index (χ4n) is 1.96. The van der Waals surface area contributed by atoms with Gasteiger partial charge in [0.1, 0.15) is 0 Å². The van der Waals surface area contributed by atoms with E-state index in [1.807, 2.05) is 6.92 Å². The van der Waals surface area contributed by atoms with Crippen molar-refractivity contribution in [1.82, 2.24) is 10.6 Å². The van der Waals surface area contributed by atoms with Crippen LogP contribution in [0.2, 0.25) is 0 Å². The maximum atomic E-state index is 11.8. The maximum Gasteiger partial charge on any atom is 0.239 e. The second kappa shape index (κ2) is 6.11. The molecule has 0 heterocycles. The van der Waals surface area contributed by atoms with Gasteiger partial charge in [0.25, 0.3) is 0 Å². The Balaban J connectivity index is 4.61. The number of likely N-dealkylation sites (N-methyl/N-ethyl adjacent to an activating group) is 1. The molecule has 3 nitrogen and oxygen atoms in total. The largest absolute Gasteiger partial charge is 0.358 e. The minimum absolute atomic E-state index is 0.0801. The molecule has 15 heavy (non-hydrogen) atoms. The van der Waals surface area contributed by atoms with Crippen molar-refractivity contribution in [3.05, 3.63) is 0 Å². The molecular weight excluding hydrogens is 188 g/mol. The summed E-state index contributed by atoms with van der Waals surface area (Å²) in [6.45, 7) is 10.5. The summed E-state index contributed by atoms with van der Waals surface area (Å²) >= 11 is 0. The predicted molar refractivity (Wildman–Crippen MR) is 64.8 cm³/mol. The zero-order chi connectivity index (χ0) is 12.1. The van der Waals surface area contributed by atoms with E-state index in [4.69, 9.17) is 0 Å². The van der Waals surface area contributed by atoms with Crippen molar-refractivity contribution in [3.8, 4) is 0 Å². The zero-order valence-electron chi connectivity index (χ0n) is 11.0. The van der Waals surface area contributed by atoms with E-state index in [9.17, 15) is 4.79 Å². The van der Waals surface area contributed by atoms with Gasteiger partial charge in [-0.3, -0.25) is 4.79 Å². The lowest BCUT2D eigenvalue weighted by Gasteiger charge is -2.33. The van der Waals surface area contributed by atoms with Gasteiger partial charge in [0.05, 0.1) is 5.54 Å². The van der Waals surface area contributed by atoms with E-state index in [0.717, 1.165) is 12.8 Å². The standard InChI is InChI=1S/C12H26N2O/c1-7-10(4)14-12(5,8-9(2)3)11(15)13-6/h9-10,14H,7-8H2,1-6H3,(H,13,15). The summed E-state index contributed by atoms with van der Waals surface area (Å²) in [6, 6.07) is 0.367. The molecule has 0 spiro atoms. The van der Waals surface area contributed by atoms with E-state index in [-0.39, 0.29) is 5.91 Å². The van der Waals surface area contributed by atoms with Crippen molar-refractivity contribution < 1.29 is 4.79 Å². The summed E-state index contributed by atoms with van der Waals surface area (Å²) in [5.74, 6) is 0.584. The molecule has 0 aliphatic carbocycles. The first-order chi connectivity index (χ1) is 6.85.